The van der Waals surface area contributed by atoms with Crippen molar-refractivity contribution in [2.75, 3.05) is 6.54 Å². The summed E-state index contributed by atoms with van der Waals surface area (Å²) in [5, 5.41) is 13.9. The molecule has 1 aromatic carbocycles. The molecule has 0 saturated carbocycles. The van der Waals surface area contributed by atoms with Crippen molar-refractivity contribution in [3.63, 3.8) is 0 Å². The molecule has 108 valence electrons. The predicted molar refractivity (Wildman–Crippen MR) is 82.4 cm³/mol. The second-order valence-electron chi connectivity index (χ2n) is 5.22. The highest BCUT2D eigenvalue weighted by Crippen LogP contribution is 2.19. The van der Waals surface area contributed by atoms with E-state index >= 15 is 0 Å². The Morgan fingerprint density at radius 3 is 2.26 bits per heavy atom. The Morgan fingerprint density at radius 1 is 1.05 bits per heavy atom. The topological polar surface area (TPSA) is 32.3 Å². The van der Waals surface area contributed by atoms with E-state index in [1.165, 1.54) is 24.8 Å². The zero-order valence-corrected chi connectivity index (χ0v) is 12.7. The summed E-state index contributed by atoms with van der Waals surface area (Å²) in [6.45, 7) is 7.48. The van der Waals surface area contributed by atoms with Crippen molar-refractivity contribution in [3.05, 3.63) is 35.4 Å². The minimum Gasteiger partial charge on any atom is -0.387 e. The number of aryl methyl sites for hydroxylation is 1. The van der Waals surface area contributed by atoms with Gasteiger partial charge in [-0.1, -0.05) is 57.9 Å². The van der Waals surface area contributed by atoms with Crippen LogP contribution in [0.15, 0.2) is 24.3 Å². The van der Waals surface area contributed by atoms with Crippen LogP contribution in [-0.2, 0) is 6.42 Å². The van der Waals surface area contributed by atoms with Crippen molar-refractivity contribution in [3.8, 4) is 0 Å². The molecular formula is C17H29NO. The molecule has 2 nitrogen and oxygen atoms in total. The molecule has 0 aliphatic heterocycles. The first kappa shape index (κ1) is 16.2. The highest BCUT2D eigenvalue weighted by atomic mass is 16.3. The number of aliphatic hydroxyl groups excluding tert-OH is 1. The summed E-state index contributed by atoms with van der Waals surface area (Å²) < 4.78 is 0. The Labute approximate surface area is 118 Å². The van der Waals surface area contributed by atoms with Gasteiger partial charge in [0.1, 0.15) is 0 Å². The van der Waals surface area contributed by atoms with E-state index in [-0.39, 0.29) is 6.04 Å². The lowest BCUT2D eigenvalue weighted by molar-refractivity contribution is 0.126. The predicted octanol–water partition coefficient (Wildman–Crippen LogP) is 3.84. The fourth-order valence-electron chi connectivity index (χ4n) is 2.32. The molecule has 1 aromatic rings. The average molecular weight is 263 g/mol. The molecule has 2 N–H and O–H groups in total. The first-order valence-corrected chi connectivity index (χ1v) is 7.73. The van der Waals surface area contributed by atoms with Crippen molar-refractivity contribution >= 4 is 0 Å². The van der Waals surface area contributed by atoms with Crippen LogP contribution in [0.5, 0.6) is 0 Å². The molecule has 0 amide bonds. The largest absolute Gasteiger partial charge is 0.387 e. The third kappa shape index (κ3) is 5.33. The molecule has 0 radical (unpaired) electrons. The molecule has 2 unspecified atom stereocenters. The molecule has 0 bridgehead atoms. The van der Waals surface area contributed by atoms with Crippen LogP contribution in [0.3, 0.4) is 0 Å². The van der Waals surface area contributed by atoms with E-state index in [9.17, 15) is 5.11 Å². The van der Waals surface area contributed by atoms with E-state index < -0.39 is 6.10 Å². The maximum Gasteiger partial charge on any atom is 0.0942 e. The van der Waals surface area contributed by atoms with Crippen LogP contribution in [-0.4, -0.2) is 17.7 Å². The molecule has 0 aromatic heterocycles. The number of nitrogens with one attached hydrogen (secondary N) is 1. The number of unbranched alkanes of at least 4 members (excludes halogenated alkanes) is 2. The number of aliphatic hydroxyl groups is 1. The van der Waals surface area contributed by atoms with Crippen molar-refractivity contribution in [2.45, 2.75) is 65.0 Å². The van der Waals surface area contributed by atoms with E-state index in [4.69, 9.17) is 0 Å². The molecule has 0 aliphatic rings. The Balaban J connectivity index is 2.53. The Kier molecular flexibility index (Phi) is 7.76. The maximum absolute atomic E-state index is 10.4. The average Bonchev–Trinajstić information content (AvgIpc) is 2.47. The van der Waals surface area contributed by atoms with Gasteiger partial charge in [0.2, 0.25) is 0 Å². The summed E-state index contributed by atoms with van der Waals surface area (Å²) in [7, 11) is 0. The molecule has 0 saturated heterocycles. The van der Waals surface area contributed by atoms with E-state index in [1.54, 1.807) is 0 Å². The lowest BCUT2D eigenvalue weighted by Gasteiger charge is -2.23. The smallest absolute Gasteiger partial charge is 0.0942 e. The third-order valence-corrected chi connectivity index (χ3v) is 3.74. The summed E-state index contributed by atoms with van der Waals surface area (Å²) >= 11 is 0. The van der Waals surface area contributed by atoms with Crippen LogP contribution >= 0.6 is 0 Å². The summed E-state index contributed by atoms with van der Waals surface area (Å²) in [6, 6.07) is 8.49. The molecule has 2 heteroatoms. The van der Waals surface area contributed by atoms with E-state index in [0.717, 1.165) is 24.9 Å². The molecule has 0 aliphatic carbocycles. The Bertz CT molecular complexity index is 334. The minimum absolute atomic E-state index is 0.157. The van der Waals surface area contributed by atoms with Crippen LogP contribution in [0.25, 0.3) is 0 Å². The molecule has 0 fully saturated rings. The Hall–Kier alpha value is -0.860. The third-order valence-electron chi connectivity index (χ3n) is 3.74. The summed E-state index contributed by atoms with van der Waals surface area (Å²) in [6.07, 6.45) is 5.27. The van der Waals surface area contributed by atoms with Crippen LogP contribution in [0.2, 0.25) is 0 Å². The van der Waals surface area contributed by atoms with Gasteiger partial charge in [0.05, 0.1) is 6.10 Å². The van der Waals surface area contributed by atoms with Crippen LogP contribution in [0, 0.1) is 0 Å². The fourth-order valence-corrected chi connectivity index (χ4v) is 2.32. The van der Waals surface area contributed by atoms with Gasteiger partial charge in [-0.05, 0) is 36.9 Å². The first-order valence-electron chi connectivity index (χ1n) is 7.73. The van der Waals surface area contributed by atoms with Gasteiger partial charge in [-0.2, -0.15) is 0 Å². The molecule has 19 heavy (non-hydrogen) atoms. The van der Waals surface area contributed by atoms with Gasteiger partial charge >= 0.3 is 0 Å². The lowest BCUT2D eigenvalue weighted by atomic mass is 9.98. The molecular weight excluding hydrogens is 234 g/mol. The van der Waals surface area contributed by atoms with Gasteiger partial charge in [0, 0.05) is 6.04 Å². The summed E-state index contributed by atoms with van der Waals surface area (Å²) in [5.74, 6) is 0. The monoisotopic (exact) mass is 263 g/mol. The number of hydrogen-bond acceptors (Lipinski definition) is 2. The normalized spacial score (nSPS) is 14.3. The van der Waals surface area contributed by atoms with Crippen LogP contribution in [0.4, 0.5) is 0 Å². The fraction of sp³-hybridized carbons (Fsp3) is 0.647. The van der Waals surface area contributed by atoms with Gasteiger partial charge in [-0.3, -0.25) is 0 Å². The molecule has 0 spiro atoms. The van der Waals surface area contributed by atoms with Crippen molar-refractivity contribution in [1.82, 2.24) is 5.32 Å². The van der Waals surface area contributed by atoms with Crippen molar-refractivity contribution in [2.24, 2.45) is 0 Å². The van der Waals surface area contributed by atoms with Crippen LogP contribution < -0.4 is 5.32 Å². The van der Waals surface area contributed by atoms with Crippen molar-refractivity contribution < 1.29 is 5.11 Å². The number of rotatable bonds is 9. The second-order valence-corrected chi connectivity index (χ2v) is 5.22. The van der Waals surface area contributed by atoms with E-state index in [2.05, 4.69) is 50.4 Å². The van der Waals surface area contributed by atoms with Gasteiger partial charge in [0.25, 0.3) is 0 Å². The van der Waals surface area contributed by atoms with Crippen LogP contribution in [0.1, 0.15) is 63.7 Å². The first-order chi connectivity index (χ1) is 9.22. The van der Waals surface area contributed by atoms with Gasteiger partial charge in [0.15, 0.2) is 0 Å². The van der Waals surface area contributed by atoms with E-state index in [0.29, 0.717) is 0 Å². The Morgan fingerprint density at radius 2 is 1.74 bits per heavy atom. The highest BCUT2D eigenvalue weighted by Gasteiger charge is 2.18. The lowest BCUT2D eigenvalue weighted by Crippen LogP contribution is -2.35. The number of hydrogen-bond donors (Lipinski definition) is 2. The highest BCUT2D eigenvalue weighted by molar-refractivity contribution is 5.25. The summed E-state index contributed by atoms with van der Waals surface area (Å²) in [4.78, 5) is 0. The molecule has 0 heterocycles. The van der Waals surface area contributed by atoms with E-state index in [1.807, 2.05) is 0 Å². The SMILES string of the molecule is CCCCCNC(CC)C(O)c1ccc(CC)cc1. The molecule has 1 rings (SSSR count). The zero-order valence-electron chi connectivity index (χ0n) is 12.7. The minimum atomic E-state index is -0.405. The number of benzene rings is 1. The van der Waals surface area contributed by atoms with Gasteiger partial charge < -0.3 is 10.4 Å². The molecule has 2 atom stereocenters. The van der Waals surface area contributed by atoms with Gasteiger partial charge in [-0.15, -0.1) is 0 Å². The quantitative estimate of drug-likeness (QED) is 0.663. The standard InChI is InChI=1S/C17H29NO/c1-4-7-8-13-18-16(6-3)17(19)15-11-9-14(5-2)10-12-15/h9-12,16-19H,4-8,13H2,1-3H3. The summed E-state index contributed by atoms with van der Waals surface area (Å²) in [5.41, 5.74) is 2.34. The van der Waals surface area contributed by atoms with Gasteiger partial charge in [-0.25, -0.2) is 0 Å². The maximum atomic E-state index is 10.4. The zero-order chi connectivity index (χ0) is 14.1. The van der Waals surface area contributed by atoms with Crippen molar-refractivity contribution in [1.29, 1.82) is 0 Å². The second kappa shape index (κ2) is 9.11.